The second-order valence-corrected chi connectivity index (χ2v) is 6.82. The lowest BCUT2D eigenvalue weighted by Crippen LogP contribution is -2.41. The van der Waals surface area contributed by atoms with E-state index in [4.69, 9.17) is 14.5 Å². The molecule has 0 heterocycles. The van der Waals surface area contributed by atoms with E-state index in [1.807, 2.05) is 12.1 Å². The predicted molar refractivity (Wildman–Crippen MR) is 130 cm³/mol. The Hall–Kier alpha value is -1.22. The van der Waals surface area contributed by atoms with E-state index in [9.17, 15) is 0 Å². The summed E-state index contributed by atoms with van der Waals surface area (Å²) in [5, 5.41) is 3.39. The number of methoxy groups -OCH3 is 2. The van der Waals surface area contributed by atoms with Crippen LogP contribution in [0.4, 0.5) is 0 Å². The molecule has 0 radical (unpaired) electrons. The SMILES string of the molecule is CCNC(=NCCN(CC)C(C)C)N(C)CCc1ccc(OC)c(OC)c1.I. The van der Waals surface area contributed by atoms with Crippen molar-refractivity contribution in [1.29, 1.82) is 0 Å². The highest BCUT2D eigenvalue weighted by molar-refractivity contribution is 14.0. The molecule has 1 rings (SSSR count). The summed E-state index contributed by atoms with van der Waals surface area (Å²) in [4.78, 5) is 9.42. The molecule has 1 N–H and O–H groups in total. The van der Waals surface area contributed by atoms with Crippen LogP contribution in [0.3, 0.4) is 0 Å². The first kappa shape index (κ1) is 26.8. The van der Waals surface area contributed by atoms with E-state index in [-0.39, 0.29) is 24.0 Å². The molecule has 6 nitrogen and oxygen atoms in total. The lowest BCUT2D eigenvalue weighted by Gasteiger charge is -2.25. The molecule has 0 atom stereocenters. The zero-order chi connectivity index (χ0) is 20.2. The van der Waals surface area contributed by atoms with Crippen LogP contribution in [-0.4, -0.2) is 75.8 Å². The highest BCUT2D eigenvalue weighted by atomic mass is 127. The molecular weight excluding hydrogens is 467 g/mol. The van der Waals surface area contributed by atoms with Crippen molar-refractivity contribution in [2.45, 2.75) is 40.2 Å². The summed E-state index contributed by atoms with van der Waals surface area (Å²) in [5.74, 6) is 2.49. The minimum absolute atomic E-state index is 0. The average Bonchev–Trinajstić information content (AvgIpc) is 2.67. The number of hydrogen-bond donors (Lipinski definition) is 1. The Morgan fingerprint density at radius 2 is 1.79 bits per heavy atom. The van der Waals surface area contributed by atoms with Gasteiger partial charge in [0, 0.05) is 32.7 Å². The lowest BCUT2D eigenvalue weighted by molar-refractivity contribution is 0.240. The molecule has 0 aliphatic heterocycles. The quantitative estimate of drug-likeness (QED) is 0.283. The maximum Gasteiger partial charge on any atom is 0.193 e. The number of halogens is 1. The minimum atomic E-state index is 0. The standard InChI is InChI=1S/C21H38N4O2.HI/c1-8-22-21(23-13-15-25(9-2)17(3)4)24(5)14-12-18-10-11-19(26-6)20(16-18)27-7;/h10-11,16-17H,8-9,12-15H2,1-7H3,(H,22,23);1H. The van der Waals surface area contributed by atoms with Gasteiger partial charge in [0.05, 0.1) is 20.8 Å². The summed E-state index contributed by atoms with van der Waals surface area (Å²) in [6.45, 7) is 13.3. The van der Waals surface area contributed by atoms with Crippen LogP contribution in [0.2, 0.25) is 0 Å². The number of ether oxygens (including phenoxy) is 2. The van der Waals surface area contributed by atoms with Crippen LogP contribution < -0.4 is 14.8 Å². The van der Waals surface area contributed by atoms with Gasteiger partial charge in [0.2, 0.25) is 0 Å². The Kier molecular flexibility index (Phi) is 14.1. The maximum atomic E-state index is 5.40. The Labute approximate surface area is 188 Å². The van der Waals surface area contributed by atoms with E-state index in [1.165, 1.54) is 5.56 Å². The number of guanidine groups is 1. The van der Waals surface area contributed by atoms with Gasteiger partial charge in [0.25, 0.3) is 0 Å². The van der Waals surface area contributed by atoms with Crippen LogP contribution in [0, 0.1) is 0 Å². The van der Waals surface area contributed by atoms with Crippen LogP contribution in [0.1, 0.15) is 33.3 Å². The molecule has 28 heavy (non-hydrogen) atoms. The van der Waals surface area contributed by atoms with Crippen LogP contribution in [0.5, 0.6) is 11.5 Å². The molecule has 0 aromatic heterocycles. The van der Waals surface area contributed by atoms with Gasteiger partial charge in [-0.2, -0.15) is 0 Å². The number of likely N-dealkylation sites (N-methyl/N-ethyl adjacent to an activating group) is 2. The molecular formula is C21H39IN4O2. The Morgan fingerprint density at radius 1 is 1.11 bits per heavy atom. The molecule has 0 amide bonds. The number of nitrogens with one attached hydrogen (secondary N) is 1. The van der Waals surface area contributed by atoms with Crippen molar-refractivity contribution >= 4 is 29.9 Å². The predicted octanol–water partition coefficient (Wildman–Crippen LogP) is 3.49. The summed E-state index contributed by atoms with van der Waals surface area (Å²) < 4.78 is 10.7. The van der Waals surface area contributed by atoms with E-state index in [0.29, 0.717) is 6.04 Å². The van der Waals surface area contributed by atoms with Crippen LogP contribution in [0.15, 0.2) is 23.2 Å². The monoisotopic (exact) mass is 506 g/mol. The number of hydrogen-bond acceptors (Lipinski definition) is 4. The Balaban J connectivity index is 0.00000729. The third-order valence-electron chi connectivity index (χ3n) is 4.67. The summed E-state index contributed by atoms with van der Waals surface area (Å²) in [6.07, 6.45) is 0.911. The number of rotatable bonds is 11. The largest absolute Gasteiger partial charge is 0.493 e. The molecule has 0 saturated heterocycles. The lowest BCUT2D eigenvalue weighted by atomic mass is 10.1. The van der Waals surface area contributed by atoms with Gasteiger partial charge in [0.15, 0.2) is 17.5 Å². The molecule has 0 saturated carbocycles. The zero-order valence-electron chi connectivity index (χ0n) is 18.6. The van der Waals surface area contributed by atoms with Crippen LogP contribution in [0.25, 0.3) is 0 Å². The minimum Gasteiger partial charge on any atom is -0.493 e. The summed E-state index contributed by atoms with van der Waals surface area (Å²) in [6, 6.07) is 6.63. The van der Waals surface area contributed by atoms with Crippen molar-refractivity contribution in [3.8, 4) is 11.5 Å². The summed E-state index contributed by atoms with van der Waals surface area (Å²) in [5.41, 5.74) is 1.22. The first-order valence-corrected chi connectivity index (χ1v) is 9.91. The van der Waals surface area contributed by atoms with E-state index in [1.54, 1.807) is 14.2 Å². The number of aliphatic imine (C=N–C) groups is 1. The van der Waals surface area contributed by atoms with Crippen LogP contribution in [-0.2, 0) is 6.42 Å². The van der Waals surface area contributed by atoms with Crippen molar-refractivity contribution in [2.75, 3.05) is 54.0 Å². The van der Waals surface area contributed by atoms with Gasteiger partial charge in [-0.1, -0.05) is 13.0 Å². The van der Waals surface area contributed by atoms with E-state index >= 15 is 0 Å². The van der Waals surface area contributed by atoms with E-state index in [2.05, 4.69) is 55.9 Å². The summed E-state index contributed by atoms with van der Waals surface area (Å²) in [7, 11) is 5.41. The highest BCUT2D eigenvalue weighted by Crippen LogP contribution is 2.27. The van der Waals surface area contributed by atoms with Gasteiger partial charge in [0.1, 0.15) is 0 Å². The van der Waals surface area contributed by atoms with Crippen LogP contribution >= 0.6 is 24.0 Å². The molecule has 0 aliphatic carbocycles. The molecule has 0 unspecified atom stereocenters. The third-order valence-corrected chi connectivity index (χ3v) is 4.67. The van der Waals surface area contributed by atoms with Gasteiger partial charge >= 0.3 is 0 Å². The fraction of sp³-hybridized carbons (Fsp3) is 0.667. The van der Waals surface area contributed by atoms with Crippen molar-refractivity contribution in [2.24, 2.45) is 4.99 Å². The van der Waals surface area contributed by atoms with Gasteiger partial charge in [-0.05, 0) is 51.4 Å². The van der Waals surface area contributed by atoms with Crippen molar-refractivity contribution in [3.05, 3.63) is 23.8 Å². The van der Waals surface area contributed by atoms with E-state index < -0.39 is 0 Å². The van der Waals surface area contributed by atoms with Crippen molar-refractivity contribution in [1.82, 2.24) is 15.1 Å². The van der Waals surface area contributed by atoms with Gasteiger partial charge in [-0.25, -0.2) is 0 Å². The zero-order valence-corrected chi connectivity index (χ0v) is 20.9. The molecule has 1 aromatic carbocycles. The van der Waals surface area contributed by atoms with Gasteiger partial charge in [-0.3, -0.25) is 9.89 Å². The molecule has 1 aromatic rings. The fourth-order valence-corrected chi connectivity index (χ4v) is 2.97. The van der Waals surface area contributed by atoms with Gasteiger partial charge in [-0.15, -0.1) is 24.0 Å². The second-order valence-electron chi connectivity index (χ2n) is 6.82. The number of benzene rings is 1. The Bertz CT molecular complexity index is 582. The molecule has 7 heteroatoms. The molecule has 0 spiro atoms. The third kappa shape index (κ3) is 8.86. The number of nitrogens with zero attached hydrogens (tertiary/aromatic N) is 3. The topological polar surface area (TPSA) is 49.3 Å². The molecule has 0 aliphatic rings. The average molecular weight is 506 g/mol. The first-order chi connectivity index (χ1) is 13.0. The highest BCUT2D eigenvalue weighted by Gasteiger charge is 2.10. The van der Waals surface area contributed by atoms with Gasteiger partial charge < -0.3 is 19.7 Å². The smallest absolute Gasteiger partial charge is 0.193 e. The van der Waals surface area contributed by atoms with Crippen molar-refractivity contribution in [3.63, 3.8) is 0 Å². The molecule has 162 valence electrons. The van der Waals surface area contributed by atoms with Crippen molar-refractivity contribution < 1.29 is 9.47 Å². The molecule has 0 fully saturated rings. The second kappa shape index (κ2) is 14.7. The van der Waals surface area contributed by atoms with E-state index in [0.717, 1.165) is 56.6 Å². The fourth-order valence-electron chi connectivity index (χ4n) is 2.97. The summed E-state index contributed by atoms with van der Waals surface area (Å²) >= 11 is 0. The normalized spacial score (nSPS) is 11.4. The maximum absolute atomic E-state index is 5.40. The Morgan fingerprint density at radius 3 is 2.32 bits per heavy atom. The first-order valence-electron chi connectivity index (χ1n) is 9.91. The molecule has 0 bridgehead atoms.